The Bertz CT molecular complexity index is 846. The highest BCUT2D eigenvalue weighted by molar-refractivity contribution is 7.93. The van der Waals surface area contributed by atoms with Gasteiger partial charge >= 0.3 is 0 Å². The van der Waals surface area contributed by atoms with Gasteiger partial charge in [-0.1, -0.05) is 6.92 Å². The van der Waals surface area contributed by atoms with Crippen molar-refractivity contribution in [2.75, 3.05) is 18.9 Å². The van der Waals surface area contributed by atoms with E-state index in [-0.39, 0.29) is 10.6 Å². The molecule has 0 saturated heterocycles. The van der Waals surface area contributed by atoms with Gasteiger partial charge in [-0.05, 0) is 37.3 Å². The molecule has 6 nitrogen and oxygen atoms in total. The van der Waals surface area contributed by atoms with E-state index < -0.39 is 10.0 Å². The SMILES string of the molecule is COc1ccc(OC)c(S(=O)(=O)Nc2nc3c(s2)CC(C)CC3)c1. The summed E-state index contributed by atoms with van der Waals surface area (Å²) in [5, 5.41) is 0.402. The van der Waals surface area contributed by atoms with Crippen LogP contribution in [0.3, 0.4) is 0 Å². The molecule has 8 heteroatoms. The van der Waals surface area contributed by atoms with Gasteiger partial charge in [0.2, 0.25) is 0 Å². The number of sulfonamides is 1. The van der Waals surface area contributed by atoms with E-state index in [2.05, 4.69) is 16.6 Å². The Morgan fingerprint density at radius 2 is 2.08 bits per heavy atom. The molecule has 0 fully saturated rings. The monoisotopic (exact) mass is 368 g/mol. The van der Waals surface area contributed by atoms with Crippen LogP contribution < -0.4 is 14.2 Å². The van der Waals surface area contributed by atoms with Crippen molar-refractivity contribution in [3.05, 3.63) is 28.8 Å². The van der Waals surface area contributed by atoms with Crippen molar-refractivity contribution in [3.63, 3.8) is 0 Å². The number of ether oxygens (including phenoxy) is 2. The molecule has 0 bridgehead atoms. The smallest absolute Gasteiger partial charge is 0.267 e. The lowest BCUT2D eigenvalue weighted by Crippen LogP contribution is -2.14. The molecule has 1 aromatic carbocycles. The van der Waals surface area contributed by atoms with Gasteiger partial charge in [-0.3, -0.25) is 4.72 Å². The maximum Gasteiger partial charge on any atom is 0.267 e. The van der Waals surface area contributed by atoms with Crippen LogP contribution in [0, 0.1) is 5.92 Å². The first-order valence-electron chi connectivity index (χ1n) is 7.66. The lowest BCUT2D eigenvalue weighted by atomic mass is 9.93. The van der Waals surface area contributed by atoms with E-state index in [4.69, 9.17) is 9.47 Å². The third-order valence-corrected chi connectivity index (χ3v) is 6.59. The molecule has 1 aromatic heterocycles. The third-order valence-electron chi connectivity index (χ3n) is 4.07. The van der Waals surface area contributed by atoms with Crippen LogP contribution in [-0.2, 0) is 22.9 Å². The lowest BCUT2D eigenvalue weighted by molar-refractivity contribution is 0.392. The summed E-state index contributed by atoms with van der Waals surface area (Å²) in [6.45, 7) is 2.20. The summed E-state index contributed by atoms with van der Waals surface area (Å²) in [4.78, 5) is 5.65. The lowest BCUT2D eigenvalue weighted by Gasteiger charge is -2.15. The van der Waals surface area contributed by atoms with Crippen LogP contribution in [0.1, 0.15) is 23.9 Å². The van der Waals surface area contributed by atoms with E-state index in [0.717, 1.165) is 25.0 Å². The molecule has 0 radical (unpaired) electrons. The van der Waals surface area contributed by atoms with E-state index in [1.807, 2.05) is 0 Å². The Kier molecular flexibility index (Phi) is 4.69. The van der Waals surface area contributed by atoms with E-state index in [9.17, 15) is 8.42 Å². The minimum Gasteiger partial charge on any atom is -0.497 e. The second kappa shape index (κ2) is 6.60. The summed E-state index contributed by atoms with van der Waals surface area (Å²) in [7, 11) is -0.886. The fourth-order valence-corrected chi connectivity index (χ4v) is 5.34. The average Bonchev–Trinajstić information content (AvgIpc) is 2.94. The molecule has 2 aromatic rings. The molecule has 0 spiro atoms. The van der Waals surface area contributed by atoms with Crippen LogP contribution in [0.25, 0.3) is 0 Å². The summed E-state index contributed by atoms with van der Waals surface area (Å²) < 4.78 is 38.4. The largest absolute Gasteiger partial charge is 0.497 e. The Balaban J connectivity index is 1.92. The molecule has 1 aliphatic carbocycles. The highest BCUT2D eigenvalue weighted by atomic mass is 32.2. The van der Waals surface area contributed by atoms with E-state index in [1.165, 1.54) is 36.5 Å². The number of thiazole rings is 1. The number of nitrogens with one attached hydrogen (secondary N) is 1. The number of hydrogen-bond acceptors (Lipinski definition) is 6. The minimum atomic E-state index is -3.81. The molecule has 130 valence electrons. The number of hydrogen-bond donors (Lipinski definition) is 1. The van der Waals surface area contributed by atoms with Crippen LogP contribution in [0.2, 0.25) is 0 Å². The number of anilines is 1. The normalized spacial score (nSPS) is 17.2. The summed E-state index contributed by atoms with van der Waals surface area (Å²) in [6.07, 6.45) is 2.95. The number of benzene rings is 1. The quantitative estimate of drug-likeness (QED) is 0.877. The first-order valence-corrected chi connectivity index (χ1v) is 9.96. The predicted octanol–water partition coefficient (Wildman–Crippen LogP) is 3.09. The van der Waals surface area contributed by atoms with Crippen LogP contribution in [0.5, 0.6) is 11.5 Å². The van der Waals surface area contributed by atoms with Crippen molar-refractivity contribution < 1.29 is 17.9 Å². The Morgan fingerprint density at radius 3 is 2.79 bits per heavy atom. The first-order chi connectivity index (χ1) is 11.4. The van der Waals surface area contributed by atoms with Crippen LogP contribution >= 0.6 is 11.3 Å². The zero-order chi connectivity index (χ0) is 17.3. The second-order valence-electron chi connectivity index (χ2n) is 5.86. The van der Waals surface area contributed by atoms with E-state index in [1.54, 1.807) is 12.1 Å². The number of nitrogens with zero attached hydrogens (tertiary/aromatic N) is 1. The number of aryl methyl sites for hydroxylation is 1. The average molecular weight is 368 g/mol. The third kappa shape index (κ3) is 3.34. The van der Waals surface area contributed by atoms with Gasteiger partial charge in [0.1, 0.15) is 16.4 Å². The molecule has 0 amide bonds. The van der Waals surface area contributed by atoms with Crippen LogP contribution in [0.15, 0.2) is 23.1 Å². The van der Waals surface area contributed by atoms with Gasteiger partial charge in [0.15, 0.2) is 5.13 Å². The summed E-state index contributed by atoms with van der Waals surface area (Å²) in [6, 6.07) is 4.67. The van der Waals surface area contributed by atoms with Gasteiger partial charge in [-0.15, -0.1) is 11.3 Å². The standard InChI is InChI=1S/C16H20N2O4S2/c1-10-4-6-12-14(8-10)23-16(17-12)18-24(19,20)15-9-11(21-2)5-7-13(15)22-3/h5,7,9-10H,4,6,8H2,1-3H3,(H,17,18). The van der Waals surface area contributed by atoms with Crippen molar-refractivity contribution in [2.45, 2.75) is 31.1 Å². The van der Waals surface area contributed by atoms with Crippen molar-refractivity contribution >= 4 is 26.5 Å². The van der Waals surface area contributed by atoms with Gasteiger partial charge in [-0.25, -0.2) is 13.4 Å². The van der Waals surface area contributed by atoms with Crippen molar-refractivity contribution in [1.82, 2.24) is 4.98 Å². The fraction of sp³-hybridized carbons (Fsp3) is 0.438. The summed E-state index contributed by atoms with van der Waals surface area (Å²) in [5.41, 5.74) is 1.01. The zero-order valence-electron chi connectivity index (χ0n) is 13.8. The molecule has 0 saturated carbocycles. The second-order valence-corrected chi connectivity index (χ2v) is 8.59. The molecule has 1 aliphatic rings. The Hall–Kier alpha value is -1.80. The molecular formula is C16H20N2O4S2. The number of methoxy groups -OCH3 is 2. The topological polar surface area (TPSA) is 77.5 Å². The van der Waals surface area contributed by atoms with Crippen molar-refractivity contribution in [1.29, 1.82) is 0 Å². The van der Waals surface area contributed by atoms with Gasteiger partial charge < -0.3 is 9.47 Å². The van der Waals surface area contributed by atoms with Gasteiger partial charge in [0.25, 0.3) is 10.0 Å². The highest BCUT2D eigenvalue weighted by Crippen LogP contribution is 2.34. The molecule has 1 heterocycles. The van der Waals surface area contributed by atoms with Crippen LogP contribution in [0.4, 0.5) is 5.13 Å². The van der Waals surface area contributed by atoms with Gasteiger partial charge in [0.05, 0.1) is 19.9 Å². The van der Waals surface area contributed by atoms with Gasteiger partial charge in [-0.2, -0.15) is 0 Å². The Labute approximate surface area is 145 Å². The minimum absolute atomic E-state index is 0.0332. The van der Waals surface area contributed by atoms with E-state index in [0.29, 0.717) is 16.8 Å². The number of aromatic nitrogens is 1. The molecule has 1 unspecified atom stereocenters. The number of rotatable bonds is 5. The molecule has 24 heavy (non-hydrogen) atoms. The maximum atomic E-state index is 12.7. The molecular weight excluding hydrogens is 348 g/mol. The predicted molar refractivity (Wildman–Crippen MR) is 93.7 cm³/mol. The first kappa shape index (κ1) is 17.0. The Morgan fingerprint density at radius 1 is 1.29 bits per heavy atom. The zero-order valence-corrected chi connectivity index (χ0v) is 15.5. The van der Waals surface area contributed by atoms with Crippen molar-refractivity contribution in [3.8, 4) is 11.5 Å². The van der Waals surface area contributed by atoms with Gasteiger partial charge in [0, 0.05) is 10.9 Å². The molecule has 0 aliphatic heterocycles. The maximum absolute atomic E-state index is 12.7. The van der Waals surface area contributed by atoms with E-state index >= 15 is 0 Å². The summed E-state index contributed by atoms with van der Waals surface area (Å²) >= 11 is 1.41. The highest BCUT2D eigenvalue weighted by Gasteiger charge is 2.25. The molecule has 1 atom stereocenters. The fourth-order valence-electron chi connectivity index (χ4n) is 2.75. The number of fused-ring (bicyclic) bond motifs is 1. The van der Waals surface area contributed by atoms with Crippen molar-refractivity contribution in [2.24, 2.45) is 5.92 Å². The molecule has 3 rings (SSSR count). The van der Waals surface area contributed by atoms with Crippen LogP contribution in [-0.4, -0.2) is 27.6 Å². The summed E-state index contributed by atoms with van der Waals surface area (Å²) in [5.74, 6) is 1.32. The molecule has 1 N–H and O–H groups in total.